The van der Waals surface area contributed by atoms with Crippen LogP contribution >= 0.6 is 0 Å². The van der Waals surface area contributed by atoms with E-state index >= 15 is 0 Å². The van der Waals surface area contributed by atoms with Gasteiger partial charge in [-0.3, -0.25) is 0 Å². The van der Waals surface area contributed by atoms with Gasteiger partial charge in [0.05, 0.1) is 12.6 Å². The maximum absolute atomic E-state index is 8.82. The first-order valence-corrected chi connectivity index (χ1v) is 3.73. The first-order valence-electron chi connectivity index (χ1n) is 3.73. The summed E-state index contributed by atoms with van der Waals surface area (Å²) in [5.74, 6) is 0.714. The number of rotatable bonds is 4. The number of H-pyrrole nitrogens is 1. The molecule has 0 aliphatic rings. The van der Waals surface area contributed by atoms with Crippen molar-refractivity contribution < 1.29 is 5.11 Å². The third-order valence-electron chi connectivity index (χ3n) is 1.55. The van der Waals surface area contributed by atoms with Crippen molar-refractivity contribution in [2.45, 2.75) is 19.4 Å². The highest BCUT2D eigenvalue weighted by molar-refractivity contribution is 5.24. The lowest BCUT2D eigenvalue weighted by atomic mass is 10.2. The highest BCUT2D eigenvalue weighted by Crippen LogP contribution is 2.00. The van der Waals surface area contributed by atoms with Crippen LogP contribution in [0.3, 0.4) is 0 Å². The van der Waals surface area contributed by atoms with Crippen LogP contribution in [0.2, 0.25) is 0 Å². The van der Waals surface area contributed by atoms with Crippen molar-refractivity contribution in [3.05, 3.63) is 12.4 Å². The molecule has 0 spiro atoms. The zero-order valence-electron chi connectivity index (χ0n) is 6.54. The fourth-order valence-electron chi connectivity index (χ4n) is 0.814. The molecule has 4 heteroatoms. The fourth-order valence-corrected chi connectivity index (χ4v) is 0.814. The van der Waals surface area contributed by atoms with Gasteiger partial charge in [-0.25, -0.2) is 4.98 Å². The predicted molar refractivity (Wildman–Crippen MR) is 43.4 cm³/mol. The predicted octanol–water partition coefficient (Wildman–Crippen LogP) is 0.593. The SMILES string of the molecule is CCC(CO)Nc1ncc[nH]1. The lowest BCUT2D eigenvalue weighted by molar-refractivity contribution is 0.271. The highest BCUT2D eigenvalue weighted by Gasteiger charge is 2.03. The Morgan fingerprint density at radius 2 is 2.64 bits per heavy atom. The monoisotopic (exact) mass is 155 g/mol. The number of aliphatic hydroxyl groups excluding tert-OH is 1. The minimum absolute atomic E-state index is 0.0983. The molecule has 1 rings (SSSR count). The maximum atomic E-state index is 8.82. The molecule has 0 aliphatic carbocycles. The lowest BCUT2D eigenvalue weighted by Crippen LogP contribution is -2.23. The Hall–Kier alpha value is -1.03. The maximum Gasteiger partial charge on any atom is 0.200 e. The number of imidazole rings is 1. The Labute approximate surface area is 65.7 Å². The van der Waals surface area contributed by atoms with Gasteiger partial charge in [0, 0.05) is 12.4 Å². The van der Waals surface area contributed by atoms with E-state index in [0.717, 1.165) is 6.42 Å². The van der Waals surface area contributed by atoms with E-state index < -0.39 is 0 Å². The molecular weight excluding hydrogens is 142 g/mol. The summed E-state index contributed by atoms with van der Waals surface area (Å²) in [6.45, 7) is 2.15. The van der Waals surface area contributed by atoms with E-state index in [0.29, 0.717) is 5.95 Å². The second-order valence-electron chi connectivity index (χ2n) is 2.37. The van der Waals surface area contributed by atoms with E-state index in [4.69, 9.17) is 5.11 Å². The molecule has 1 aromatic rings. The van der Waals surface area contributed by atoms with E-state index in [2.05, 4.69) is 15.3 Å². The molecule has 1 aromatic heterocycles. The van der Waals surface area contributed by atoms with E-state index in [1.54, 1.807) is 12.4 Å². The van der Waals surface area contributed by atoms with Crippen molar-refractivity contribution in [3.8, 4) is 0 Å². The quantitative estimate of drug-likeness (QED) is 0.596. The summed E-state index contributed by atoms with van der Waals surface area (Å²) < 4.78 is 0. The molecule has 1 heterocycles. The molecule has 62 valence electrons. The fraction of sp³-hybridized carbons (Fsp3) is 0.571. The molecule has 0 amide bonds. The van der Waals surface area contributed by atoms with Gasteiger partial charge in [0.2, 0.25) is 0 Å². The summed E-state index contributed by atoms with van der Waals surface area (Å²) in [6, 6.07) is 0.0983. The zero-order chi connectivity index (χ0) is 8.10. The van der Waals surface area contributed by atoms with Crippen LogP contribution in [0.4, 0.5) is 5.95 Å². The summed E-state index contributed by atoms with van der Waals surface area (Å²) in [4.78, 5) is 6.88. The second-order valence-corrected chi connectivity index (χ2v) is 2.37. The van der Waals surface area contributed by atoms with Crippen molar-refractivity contribution in [1.29, 1.82) is 0 Å². The second kappa shape index (κ2) is 3.98. The summed E-state index contributed by atoms with van der Waals surface area (Å²) >= 11 is 0. The molecule has 0 saturated carbocycles. The van der Waals surface area contributed by atoms with Gasteiger partial charge < -0.3 is 15.4 Å². The molecular formula is C7H13N3O. The minimum Gasteiger partial charge on any atom is -0.394 e. The van der Waals surface area contributed by atoms with E-state index in [9.17, 15) is 0 Å². The van der Waals surface area contributed by atoms with Gasteiger partial charge in [-0.05, 0) is 6.42 Å². The van der Waals surface area contributed by atoms with Crippen molar-refractivity contribution in [1.82, 2.24) is 9.97 Å². The normalized spacial score (nSPS) is 12.9. The third-order valence-corrected chi connectivity index (χ3v) is 1.55. The first-order chi connectivity index (χ1) is 5.36. The molecule has 1 atom stereocenters. The molecule has 11 heavy (non-hydrogen) atoms. The van der Waals surface area contributed by atoms with Gasteiger partial charge in [0.25, 0.3) is 0 Å². The highest BCUT2D eigenvalue weighted by atomic mass is 16.3. The zero-order valence-corrected chi connectivity index (χ0v) is 6.54. The molecule has 0 fully saturated rings. The first kappa shape index (κ1) is 8.07. The van der Waals surface area contributed by atoms with Crippen molar-refractivity contribution in [3.63, 3.8) is 0 Å². The smallest absolute Gasteiger partial charge is 0.200 e. The van der Waals surface area contributed by atoms with Crippen LogP contribution in [-0.4, -0.2) is 27.7 Å². The number of aromatic amines is 1. The van der Waals surface area contributed by atoms with Crippen LogP contribution in [0.15, 0.2) is 12.4 Å². The molecule has 4 nitrogen and oxygen atoms in total. The average Bonchev–Trinajstić information content (AvgIpc) is 2.52. The molecule has 1 unspecified atom stereocenters. The Morgan fingerprint density at radius 1 is 1.82 bits per heavy atom. The Kier molecular flexibility index (Phi) is 2.92. The van der Waals surface area contributed by atoms with Crippen LogP contribution in [0.25, 0.3) is 0 Å². The minimum atomic E-state index is 0.0983. The average molecular weight is 155 g/mol. The molecule has 0 radical (unpaired) electrons. The summed E-state index contributed by atoms with van der Waals surface area (Å²) in [5.41, 5.74) is 0. The largest absolute Gasteiger partial charge is 0.394 e. The number of aliphatic hydroxyl groups is 1. The van der Waals surface area contributed by atoms with Gasteiger partial charge in [0.1, 0.15) is 0 Å². The number of aromatic nitrogens is 2. The van der Waals surface area contributed by atoms with Crippen molar-refractivity contribution in [2.24, 2.45) is 0 Å². The molecule has 0 aliphatic heterocycles. The topological polar surface area (TPSA) is 60.9 Å². The number of hydrogen-bond acceptors (Lipinski definition) is 3. The summed E-state index contributed by atoms with van der Waals surface area (Å²) in [7, 11) is 0. The number of nitrogens with one attached hydrogen (secondary N) is 2. The van der Waals surface area contributed by atoms with Crippen LogP contribution in [0, 0.1) is 0 Å². The van der Waals surface area contributed by atoms with Crippen LogP contribution in [0.5, 0.6) is 0 Å². The van der Waals surface area contributed by atoms with E-state index in [1.807, 2.05) is 6.92 Å². The molecule has 0 saturated heterocycles. The molecule has 0 aromatic carbocycles. The van der Waals surface area contributed by atoms with Crippen molar-refractivity contribution >= 4 is 5.95 Å². The van der Waals surface area contributed by atoms with E-state index in [-0.39, 0.29) is 12.6 Å². The van der Waals surface area contributed by atoms with Crippen molar-refractivity contribution in [2.75, 3.05) is 11.9 Å². The number of nitrogens with zero attached hydrogens (tertiary/aromatic N) is 1. The van der Waals surface area contributed by atoms with Crippen LogP contribution < -0.4 is 5.32 Å². The number of anilines is 1. The van der Waals surface area contributed by atoms with Gasteiger partial charge in [0.15, 0.2) is 5.95 Å². The molecule has 3 N–H and O–H groups in total. The van der Waals surface area contributed by atoms with Gasteiger partial charge >= 0.3 is 0 Å². The Balaban J connectivity index is 2.41. The summed E-state index contributed by atoms with van der Waals surface area (Å²) in [6.07, 6.45) is 4.30. The van der Waals surface area contributed by atoms with Gasteiger partial charge in [-0.15, -0.1) is 0 Å². The number of hydrogen-bond donors (Lipinski definition) is 3. The third kappa shape index (κ3) is 2.23. The van der Waals surface area contributed by atoms with Crippen LogP contribution in [0.1, 0.15) is 13.3 Å². The Morgan fingerprint density at radius 3 is 3.09 bits per heavy atom. The standard InChI is InChI=1S/C7H13N3O/c1-2-6(5-11)10-7-8-3-4-9-7/h3-4,6,11H,2,5H2,1H3,(H2,8,9,10). The summed E-state index contributed by atoms with van der Waals surface area (Å²) in [5, 5.41) is 11.9. The van der Waals surface area contributed by atoms with Gasteiger partial charge in [-0.2, -0.15) is 0 Å². The lowest BCUT2D eigenvalue weighted by Gasteiger charge is -2.11. The molecule has 0 bridgehead atoms. The van der Waals surface area contributed by atoms with E-state index in [1.165, 1.54) is 0 Å². The Bertz CT molecular complexity index is 182. The van der Waals surface area contributed by atoms with Gasteiger partial charge in [-0.1, -0.05) is 6.92 Å². The van der Waals surface area contributed by atoms with Crippen LogP contribution in [-0.2, 0) is 0 Å².